The summed E-state index contributed by atoms with van der Waals surface area (Å²) in [5, 5.41) is 0. The number of hydrogen-bond acceptors (Lipinski definition) is 2. The summed E-state index contributed by atoms with van der Waals surface area (Å²) in [7, 11) is 0. The quantitative estimate of drug-likeness (QED) is 0.471. The Morgan fingerprint density at radius 3 is 1.83 bits per heavy atom. The molecule has 0 unspecified atom stereocenters. The van der Waals surface area contributed by atoms with Crippen LogP contribution < -0.4 is 0 Å². The maximum Gasteiger partial charge on any atom is 0.164 e. The number of carbonyl (C=O) groups is 1. The number of ketones is 1. The largest absolute Gasteiger partial charge is 0.299 e. The van der Waals surface area contributed by atoms with Crippen molar-refractivity contribution in [3.8, 4) is 11.1 Å². The Bertz CT molecular complexity index is 1040. The highest BCUT2D eigenvalue weighted by Crippen LogP contribution is 2.23. The summed E-state index contributed by atoms with van der Waals surface area (Å²) in [5.41, 5.74) is 4.87. The minimum atomic E-state index is -0.261. The smallest absolute Gasteiger partial charge is 0.164 e. The monoisotopic (exact) mass is 403 g/mol. The van der Waals surface area contributed by atoms with Gasteiger partial charge in [-0.15, -0.1) is 0 Å². The summed E-state index contributed by atoms with van der Waals surface area (Å²) in [5.74, 6) is -0.363. The molecule has 2 nitrogen and oxygen atoms in total. The second-order valence-electron chi connectivity index (χ2n) is 7.54. The molecule has 0 spiro atoms. The second kappa shape index (κ2) is 9.14. The molecule has 3 aromatic rings. The summed E-state index contributed by atoms with van der Waals surface area (Å²) < 4.78 is 26.1. The van der Waals surface area contributed by atoms with Crippen LogP contribution in [0.4, 0.5) is 8.78 Å². The maximum absolute atomic E-state index is 13.1. The van der Waals surface area contributed by atoms with Crippen LogP contribution in [0.5, 0.6) is 0 Å². The van der Waals surface area contributed by atoms with Crippen LogP contribution in [0.1, 0.15) is 28.8 Å². The van der Waals surface area contributed by atoms with E-state index < -0.39 is 0 Å². The van der Waals surface area contributed by atoms with Gasteiger partial charge in [0, 0.05) is 31.6 Å². The van der Waals surface area contributed by atoms with Gasteiger partial charge < -0.3 is 0 Å². The van der Waals surface area contributed by atoms with Crippen LogP contribution in [0, 0.1) is 11.6 Å². The zero-order chi connectivity index (χ0) is 20.9. The molecule has 0 atom stereocenters. The van der Waals surface area contributed by atoms with Gasteiger partial charge in [-0.05, 0) is 52.9 Å². The Kier molecular flexibility index (Phi) is 6.15. The van der Waals surface area contributed by atoms with Crippen LogP contribution in [0.3, 0.4) is 0 Å². The fraction of sp³-hybridized carbons (Fsp3) is 0.192. The molecule has 0 aromatic heterocycles. The van der Waals surface area contributed by atoms with Crippen LogP contribution in [-0.4, -0.2) is 30.3 Å². The average molecular weight is 403 g/mol. The molecule has 0 saturated carbocycles. The van der Waals surface area contributed by atoms with Gasteiger partial charge in [0.05, 0.1) is 0 Å². The van der Waals surface area contributed by atoms with Gasteiger partial charge in [-0.1, -0.05) is 54.6 Å². The topological polar surface area (TPSA) is 20.3 Å². The first kappa shape index (κ1) is 20.2. The third-order valence-electron chi connectivity index (χ3n) is 5.55. The van der Waals surface area contributed by atoms with Crippen molar-refractivity contribution in [2.24, 2.45) is 0 Å². The number of hydrogen-bond donors (Lipinski definition) is 0. The Morgan fingerprint density at radius 1 is 0.767 bits per heavy atom. The van der Waals surface area contributed by atoms with Gasteiger partial charge in [-0.3, -0.25) is 9.69 Å². The number of Topliss-reactive ketones (excluding diaryl/α,β-unsaturated/α-hetero) is 1. The lowest BCUT2D eigenvalue weighted by atomic mass is 9.99. The SMILES string of the molecule is O=C(CCN1CC=C(c2ccc(F)cc2)CC1)c1ccc(-c2ccc(F)cc2)cc1. The van der Waals surface area contributed by atoms with Crippen molar-refractivity contribution >= 4 is 11.4 Å². The zero-order valence-electron chi connectivity index (χ0n) is 16.7. The van der Waals surface area contributed by atoms with Crippen LogP contribution >= 0.6 is 0 Å². The molecule has 0 aliphatic carbocycles. The normalized spacial score (nSPS) is 14.4. The number of halogens is 2. The van der Waals surface area contributed by atoms with E-state index in [1.54, 1.807) is 12.1 Å². The zero-order valence-corrected chi connectivity index (χ0v) is 16.7. The van der Waals surface area contributed by atoms with Crippen molar-refractivity contribution in [1.29, 1.82) is 0 Å². The summed E-state index contributed by atoms with van der Waals surface area (Å²) in [6, 6.07) is 20.4. The summed E-state index contributed by atoms with van der Waals surface area (Å²) in [4.78, 5) is 14.8. The van der Waals surface area contributed by atoms with E-state index in [-0.39, 0.29) is 17.4 Å². The van der Waals surface area contributed by atoms with Crippen molar-refractivity contribution in [3.05, 3.63) is 102 Å². The highest BCUT2D eigenvalue weighted by Gasteiger charge is 2.15. The van der Waals surface area contributed by atoms with Gasteiger partial charge in [-0.2, -0.15) is 0 Å². The van der Waals surface area contributed by atoms with E-state index in [1.165, 1.54) is 29.8 Å². The molecule has 152 valence electrons. The molecule has 0 saturated heterocycles. The molecule has 0 radical (unpaired) electrons. The molecule has 0 fully saturated rings. The van der Waals surface area contributed by atoms with Gasteiger partial charge in [0.15, 0.2) is 5.78 Å². The third kappa shape index (κ3) is 4.89. The molecule has 3 aromatic carbocycles. The predicted molar refractivity (Wildman–Crippen MR) is 116 cm³/mol. The fourth-order valence-electron chi connectivity index (χ4n) is 3.74. The van der Waals surface area contributed by atoms with E-state index in [1.807, 2.05) is 36.4 Å². The number of carbonyl (C=O) groups excluding carboxylic acids is 1. The van der Waals surface area contributed by atoms with E-state index in [4.69, 9.17) is 0 Å². The standard InChI is InChI=1S/C26H23F2NO/c27-24-9-5-20(6-10-24)19-1-3-23(4-2-19)26(30)15-18-29-16-13-22(14-17-29)21-7-11-25(28)12-8-21/h1-13H,14-18H2. The van der Waals surface area contributed by atoms with E-state index in [9.17, 15) is 13.6 Å². The Labute approximate surface area is 175 Å². The van der Waals surface area contributed by atoms with E-state index in [0.29, 0.717) is 18.5 Å². The number of nitrogens with zero attached hydrogens (tertiary/aromatic N) is 1. The summed E-state index contributed by atoms with van der Waals surface area (Å²) in [6.45, 7) is 2.40. The average Bonchev–Trinajstić information content (AvgIpc) is 2.79. The first-order valence-corrected chi connectivity index (χ1v) is 10.1. The molecular formula is C26H23F2NO. The van der Waals surface area contributed by atoms with E-state index in [0.717, 1.165) is 36.2 Å². The molecule has 0 N–H and O–H groups in total. The highest BCUT2D eigenvalue weighted by atomic mass is 19.1. The number of rotatable bonds is 6. The molecule has 4 rings (SSSR count). The van der Waals surface area contributed by atoms with Crippen LogP contribution in [-0.2, 0) is 0 Å². The van der Waals surface area contributed by atoms with Gasteiger partial charge in [0.1, 0.15) is 11.6 Å². The molecule has 30 heavy (non-hydrogen) atoms. The lowest BCUT2D eigenvalue weighted by molar-refractivity contribution is 0.0966. The van der Waals surface area contributed by atoms with Gasteiger partial charge >= 0.3 is 0 Å². The van der Waals surface area contributed by atoms with Crippen molar-refractivity contribution in [1.82, 2.24) is 4.90 Å². The van der Waals surface area contributed by atoms with Crippen molar-refractivity contribution in [2.45, 2.75) is 12.8 Å². The first-order valence-electron chi connectivity index (χ1n) is 10.1. The minimum absolute atomic E-state index is 0.119. The van der Waals surface area contributed by atoms with Crippen molar-refractivity contribution < 1.29 is 13.6 Å². The molecule has 1 aliphatic heterocycles. The van der Waals surface area contributed by atoms with E-state index in [2.05, 4.69) is 11.0 Å². The second-order valence-corrected chi connectivity index (χ2v) is 7.54. The lowest BCUT2D eigenvalue weighted by Gasteiger charge is -2.26. The Morgan fingerprint density at radius 2 is 1.30 bits per heavy atom. The van der Waals surface area contributed by atoms with E-state index >= 15 is 0 Å². The van der Waals surface area contributed by atoms with Crippen molar-refractivity contribution in [2.75, 3.05) is 19.6 Å². The van der Waals surface area contributed by atoms with Gasteiger partial charge in [-0.25, -0.2) is 8.78 Å². The third-order valence-corrected chi connectivity index (χ3v) is 5.55. The summed E-state index contributed by atoms with van der Waals surface area (Å²) in [6.07, 6.45) is 3.53. The minimum Gasteiger partial charge on any atom is -0.299 e. The Hall–Kier alpha value is -3.11. The lowest BCUT2D eigenvalue weighted by Crippen LogP contribution is -2.30. The molecule has 1 heterocycles. The molecule has 4 heteroatoms. The maximum atomic E-state index is 13.1. The molecular weight excluding hydrogens is 380 g/mol. The van der Waals surface area contributed by atoms with Gasteiger partial charge in [0.2, 0.25) is 0 Å². The molecule has 0 bridgehead atoms. The number of benzene rings is 3. The molecule has 1 aliphatic rings. The van der Waals surface area contributed by atoms with Crippen LogP contribution in [0.15, 0.2) is 78.9 Å². The van der Waals surface area contributed by atoms with Crippen LogP contribution in [0.2, 0.25) is 0 Å². The van der Waals surface area contributed by atoms with Crippen molar-refractivity contribution in [3.63, 3.8) is 0 Å². The Balaban J connectivity index is 1.30. The predicted octanol–water partition coefficient (Wildman–Crippen LogP) is 5.99. The summed E-state index contributed by atoms with van der Waals surface area (Å²) >= 11 is 0. The van der Waals surface area contributed by atoms with Gasteiger partial charge in [0.25, 0.3) is 0 Å². The van der Waals surface area contributed by atoms with Crippen LogP contribution in [0.25, 0.3) is 16.7 Å². The first-order chi connectivity index (χ1) is 14.6. The highest BCUT2D eigenvalue weighted by molar-refractivity contribution is 5.96. The fourth-order valence-corrected chi connectivity index (χ4v) is 3.74. The molecule has 0 amide bonds.